The predicted molar refractivity (Wildman–Crippen MR) is 115 cm³/mol. The minimum atomic E-state index is -0.730. The van der Waals surface area contributed by atoms with Crippen LogP contribution in [0.2, 0.25) is 0 Å². The molecule has 1 aromatic carbocycles. The van der Waals surface area contributed by atoms with Gasteiger partial charge < -0.3 is 15.0 Å². The van der Waals surface area contributed by atoms with E-state index in [-0.39, 0.29) is 11.4 Å². The molecule has 0 saturated carbocycles. The molecule has 2 N–H and O–H groups in total. The van der Waals surface area contributed by atoms with Crippen LogP contribution in [0, 0.1) is 5.82 Å². The van der Waals surface area contributed by atoms with Crippen molar-refractivity contribution in [2.45, 2.75) is 23.8 Å². The third kappa shape index (κ3) is 4.09. The molecule has 9 heteroatoms. The number of pyridine rings is 1. The number of aromatic nitrogens is 3. The van der Waals surface area contributed by atoms with Gasteiger partial charge in [-0.05, 0) is 30.7 Å². The summed E-state index contributed by atoms with van der Waals surface area (Å²) < 4.78 is 18.9. The summed E-state index contributed by atoms with van der Waals surface area (Å²) >= 11 is 1.21. The number of anilines is 1. The van der Waals surface area contributed by atoms with Crippen molar-refractivity contribution < 1.29 is 13.9 Å². The molecule has 1 aliphatic rings. The Bertz CT molecular complexity index is 1230. The van der Waals surface area contributed by atoms with Crippen molar-refractivity contribution in [2.75, 3.05) is 12.4 Å². The number of nitrogens with zero attached hydrogens (tertiary/aromatic N) is 2. The third-order valence-electron chi connectivity index (χ3n) is 4.93. The van der Waals surface area contributed by atoms with Crippen LogP contribution < -0.4 is 10.9 Å². The van der Waals surface area contributed by atoms with Crippen molar-refractivity contribution in [2.24, 2.45) is 0 Å². The zero-order valence-electron chi connectivity index (χ0n) is 16.8. The molecule has 31 heavy (non-hydrogen) atoms. The van der Waals surface area contributed by atoms with Crippen LogP contribution in [0.3, 0.4) is 0 Å². The molecular weight excluding hydrogens is 419 g/mol. The van der Waals surface area contributed by atoms with Crippen molar-refractivity contribution in [3.8, 4) is 0 Å². The van der Waals surface area contributed by atoms with Gasteiger partial charge in [0.1, 0.15) is 11.6 Å². The first kappa shape index (κ1) is 20.8. The standard InChI is InChI=1S/C22H19FN4O3S/c1-12-16(21(29)30-2)17(15-9-5-6-10-24-15)18-19(25-12)26-22(27-20(18)28)31-11-13-7-3-4-8-14(13)23/h3-10,17H,11H2,1-2H3,(H2,25,26,27,28). The highest BCUT2D eigenvalue weighted by Crippen LogP contribution is 2.39. The van der Waals surface area contributed by atoms with Crippen LogP contribution in [-0.2, 0) is 15.3 Å². The zero-order valence-corrected chi connectivity index (χ0v) is 17.6. The number of hydrogen-bond acceptors (Lipinski definition) is 7. The van der Waals surface area contributed by atoms with Gasteiger partial charge in [0.05, 0.1) is 29.9 Å². The number of methoxy groups -OCH3 is 1. The van der Waals surface area contributed by atoms with Gasteiger partial charge in [-0.1, -0.05) is 36.0 Å². The molecule has 1 unspecified atom stereocenters. The molecule has 0 amide bonds. The molecule has 0 aliphatic carbocycles. The highest BCUT2D eigenvalue weighted by molar-refractivity contribution is 7.98. The topological polar surface area (TPSA) is 97.0 Å². The lowest BCUT2D eigenvalue weighted by atomic mass is 9.85. The quantitative estimate of drug-likeness (QED) is 0.357. The molecule has 1 aliphatic heterocycles. The molecule has 3 aromatic rings. The molecule has 0 saturated heterocycles. The van der Waals surface area contributed by atoms with Crippen molar-refractivity contribution >= 4 is 23.5 Å². The van der Waals surface area contributed by atoms with Crippen molar-refractivity contribution in [1.29, 1.82) is 0 Å². The number of halogens is 1. The zero-order chi connectivity index (χ0) is 22.0. The molecule has 158 valence electrons. The number of fused-ring (bicyclic) bond motifs is 1. The average molecular weight is 438 g/mol. The van der Waals surface area contributed by atoms with Crippen LogP contribution in [0.4, 0.5) is 10.2 Å². The van der Waals surface area contributed by atoms with Gasteiger partial charge in [-0.25, -0.2) is 14.2 Å². The van der Waals surface area contributed by atoms with E-state index in [0.717, 1.165) is 0 Å². The molecular formula is C22H19FN4O3S. The summed E-state index contributed by atoms with van der Waals surface area (Å²) in [7, 11) is 1.29. The second kappa shape index (κ2) is 8.73. The molecule has 4 rings (SSSR count). The first-order valence-electron chi connectivity index (χ1n) is 9.47. The first-order chi connectivity index (χ1) is 15.0. The SMILES string of the molecule is COC(=O)C1=C(C)Nc2nc(SCc3ccccc3F)[nH]c(=O)c2C1c1ccccn1. The Hall–Kier alpha value is -3.46. The smallest absolute Gasteiger partial charge is 0.336 e. The van der Waals surface area contributed by atoms with Gasteiger partial charge in [-0.15, -0.1) is 0 Å². The summed E-state index contributed by atoms with van der Waals surface area (Å²) in [5.41, 5.74) is 1.74. The van der Waals surface area contributed by atoms with E-state index < -0.39 is 17.4 Å². The highest BCUT2D eigenvalue weighted by Gasteiger charge is 2.36. The van der Waals surface area contributed by atoms with E-state index in [1.54, 1.807) is 49.5 Å². The first-order valence-corrected chi connectivity index (χ1v) is 10.5. The average Bonchev–Trinajstić information content (AvgIpc) is 2.77. The number of thioether (sulfide) groups is 1. The monoisotopic (exact) mass is 438 g/mol. The second-order valence-electron chi connectivity index (χ2n) is 6.86. The molecule has 0 fully saturated rings. The normalized spacial score (nSPS) is 15.3. The van der Waals surface area contributed by atoms with Crippen LogP contribution in [-0.4, -0.2) is 28.0 Å². The summed E-state index contributed by atoms with van der Waals surface area (Å²) in [6.45, 7) is 1.72. The Morgan fingerprint density at radius 2 is 2.00 bits per heavy atom. The van der Waals surface area contributed by atoms with Gasteiger partial charge >= 0.3 is 5.97 Å². The predicted octanol–water partition coefficient (Wildman–Crippen LogP) is 3.60. The van der Waals surface area contributed by atoms with E-state index in [2.05, 4.69) is 20.3 Å². The fourth-order valence-electron chi connectivity index (χ4n) is 3.48. The number of aromatic amines is 1. The van der Waals surface area contributed by atoms with Gasteiger partial charge in [0, 0.05) is 17.6 Å². The summed E-state index contributed by atoms with van der Waals surface area (Å²) in [5, 5.41) is 3.39. The maximum atomic E-state index is 13.9. The lowest BCUT2D eigenvalue weighted by Crippen LogP contribution is -2.31. The van der Waals surface area contributed by atoms with Crippen molar-refractivity contribution in [1.82, 2.24) is 15.0 Å². The molecule has 1 atom stereocenters. The molecule has 2 aromatic heterocycles. The molecule has 0 radical (unpaired) electrons. The number of nitrogens with one attached hydrogen (secondary N) is 2. The number of esters is 1. The summed E-state index contributed by atoms with van der Waals surface area (Å²) in [6.07, 6.45) is 1.60. The number of H-pyrrole nitrogens is 1. The van der Waals surface area contributed by atoms with Crippen LogP contribution in [0.15, 0.2) is 69.9 Å². The Kier molecular flexibility index (Phi) is 5.85. The van der Waals surface area contributed by atoms with Crippen LogP contribution in [0.1, 0.15) is 29.7 Å². The van der Waals surface area contributed by atoms with E-state index >= 15 is 0 Å². The van der Waals surface area contributed by atoms with Crippen LogP contribution in [0.25, 0.3) is 0 Å². The number of hydrogen-bond donors (Lipinski definition) is 2. The van der Waals surface area contributed by atoms with E-state index in [4.69, 9.17) is 4.74 Å². The molecule has 0 bridgehead atoms. The lowest BCUT2D eigenvalue weighted by Gasteiger charge is -2.27. The fraction of sp³-hybridized carbons (Fsp3) is 0.182. The Morgan fingerprint density at radius 1 is 1.23 bits per heavy atom. The largest absolute Gasteiger partial charge is 0.466 e. The molecule has 7 nitrogen and oxygen atoms in total. The van der Waals surface area contributed by atoms with Gasteiger partial charge in [0.25, 0.3) is 5.56 Å². The van der Waals surface area contributed by atoms with Gasteiger partial charge in [0.15, 0.2) is 5.16 Å². The lowest BCUT2D eigenvalue weighted by molar-refractivity contribution is -0.136. The maximum Gasteiger partial charge on any atom is 0.336 e. The summed E-state index contributed by atoms with van der Waals surface area (Å²) in [5.74, 6) is -0.957. The number of rotatable bonds is 5. The van der Waals surface area contributed by atoms with E-state index in [1.807, 2.05) is 0 Å². The Labute approximate surface area is 181 Å². The minimum Gasteiger partial charge on any atom is -0.466 e. The Morgan fingerprint density at radius 3 is 2.71 bits per heavy atom. The van der Waals surface area contributed by atoms with Gasteiger partial charge in [0.2, 0.25) is 0 Å². The highest BCUT2D eigenvalue weighted by atomic mass is 32.2. The summed E-state index contributed by atoms with van der Waals surface area (Å²) in [6, 6.07) is 11.7. The Balaban J connectivity index is 1.76. The number of carbonyl (C=O) groups is 1. The van der Waals surface area contributed by atoms with Gasteiger partial charge in [-0.3, -0.25) is 9.78 Å². The van der Waals surface area contributed by atoms with Crippen LogP contribution >= 0.6 is 11.8 Å². The minimum absolute atomic E-state index is 0.278. The number of benzene rings is 1. The van der Waals surface area contributed by atoms with Crippen molar-refractivity contribution in [3.63, 3.8) is 0 Å². The second-order valence-corrected chi connectivity index (χ2v) is 7.82. The summed E-state index contributed by atoms with van der Waals surface area (Å²) in [4.78, 5) is 37.2. The number of carbonyl (C=O) groups excluding carboxylic acids is 1. The van der Waals surface area contributed by atoms with E-state index in [1.165, 1.54) is 24.9 Å². The molecule has 0 spiro atoms. The van der Waals surface area contributed by atoms with Crippen LogP contribution in [0.5, 0.6) is 0 Å². The van der Waals surface area contributed by atoms with E-state index in [9.17, 15) is 14.0 Å². The fourth-order valence-corrected chi connectivity index (χ4v) is 4.33. The van der Waals surface area contributed by atoms with Crippen molar-refractivity contribution in [3.05, 3.63) is 92.9 Å². The molecule has 3 heterocycles. The van der Waals surface area contributed by atoms with E-state index in [0.29, 0.717) is 39.3 Å². The number of ether oxygens (including phenoxy) is 1. The number of allylic oxidation sites excluding steroid dienone is 1. The van der Waals surface area contributed by atoms with Gasteiger partial charge in [-0.2, -0.15) is 0 Å². The third-order valence-corrected chi connectivity index (χ3v) is 5.85. The maximum absolute atomic E-state index is 13.9.